The van der Waals surface area contributed by atoms with Crippen molar-refractivity contribution in [3.8, 4) is 22.8 Å². The van der Waals surface area contributed by atoms with Crippen molar-refractivity contribution in [2.24, 2.45) is 0 Å². The van der Waals surface area contributed by atoms with Gasteiger partial charge in [-0.1, -0.05) is 30.3 Å². The molecule has 5 rings (SSSR count). The van der Waals surface area contributed by atoms with Gasteiger partial charge >= 0.3 is 0 Å². The zero-order valence-electron chi connectivity index (χ0n) is 17.8. The SMILES string of the molecule is CC(C)N(Cc1ccccc1)Cc1c(-c2ccc3c(c2)OCO3)nc2ccc(N)cn12. The third-order valence-electron chi connectivity index (χ3n) is 5.70. The molecule has 0 saturated carbocycles. The molecule has 0 atom stereocenters. The second kappa shape index (κ2) is 7.96. The lowest BCUT2D eigenvalue weighted by atomic mass is 10.1. The smallest absolute Gasteiger partial charge is 0.231 e. The van der Waals surface area contributed by atoms with Crippen LogP contribution in [0.2, 0.25) is 0 Å². The fourth-order valence-corrected chi connectivity index (χ4v) is 3.97. The number of ether oxygens (including phenoxy) is 2. The van der Waals surface area contributed by atoms with E-state index in [9.17, 15) is 0 Å². The molecule has 0 bridgehead atoms. The zero-order valence-corrected chi connectivity index (χ0v) is 17.8. The lowest BCUT2D eigenvalue weighted by Gasteiger charge is -2.27. The number of fused-ring (bicyclic) bond motifs is 2. The molecular formula is C25H26N4O2. The van der Waals surface area contributed by atoms with Gasteiger partial charge < -0.3 is 19.6 Å². The van der Waals surface area contributed by atoms with Gasteiger partial charge in [-0.25, -0.2) is 4.98 Å². The normalized spacial score (nSPS) is 12.9. The van der Waals surface area contributed by atoms with Crippen molar-refractivity contribution in [3.63, 3.8) is 0 Å². The van der Waals surface area contributed by atoms with E-state index in [0.29, 0.717) is 11.7 Å². The molecular weight excluding hydrogens is 388 g/mol. The van der Waals surface area contributed by atoms with E-state index in [0.717, 1.165) is 47.2 Å². The summed E-state index contributed by atoms with van der Waals surface area (Å²) in [6, 6.07) is 20.8. The van der Waals surface area contributed by atoms with E-state index in [-0.39, 0.29) is 6.79 Å². The molecule has 0 aliphatic carbocycles. The van der Waals surface area contributed by atoms with Crippen LogP contribution in [0.5, 0.6) is 11.5 Å². The van der Waals surface area contributed by atoms with E-state index in [1.807, 2.05) is 42.6 Å². The van der Waals surface area contributed by atoms with E-state index >= 15 is 0 Å². The van der Waals surface area contributed by atoms with Gasteiger partial charge in [0, 0.05) is 36.6 Å². The van der Waals surface area contributed by atoms with Crippen LogP contribution in [0.15, 0.2) is 66.9 Å². The van der Waals surface area contributed by atoms with Crippen LogP contribution in [0, 0.1) is 0 Å². The number of aromatic nitrogens is 2. The number of hydrogen-bond acceptors (Lipinski definition) is 5. The molecule has 2 aromatic carbocycles. The first-order valence-electron chi connectivity index (χ1n) is 10.5. The molecule has 2 N–H and O–H groups in total. The Morgan fingerprint density at radius 2 is 1.81 bits per heavy atom. The Hall–Kier alpha value is -3.51. The molecule has 6 nitrogen and oxygen atoms in total. The summed E-state index contributed by atoms with van der Waals surface area (Å²) in [6.45, 7) is 6.29. The molecule has 4 aromatic rings. The Bertz CT molecular complexity index is 1220. The van der Waals surface area contributed by atoms with Gasteiger partial charge in [0.1, 0.15) is 5.65 Å². The van der Waals surface area contributed by atoms with Crippen LogP contribution < -0.4 is 15.2 Å². The summed E-state index contributed by atoms with van der Waals surface area (Å²) in [7, 11) is 0. The van der Waals surface area contributed by atoms with Gasteiger partial charge in [-0.15, -0.1) is 0 Å². The number of benzene rings is 2. The first-order valence-corrected chi connectivity index (χ1v) is 10.5. The van der Waals surface area contributed by atoms with Crippen molar-refractivity contribution in [1.82, 2.24) is 14.3 Å². The van der Waals surface area contributed by atoms with Gasteiger partial charge in [-0.05, 0) is 49.7 Å². The molecule has 0 saturated heterocycles. The summed E-state index contributed by atoms with van der Waals surface area (Å²) >= 11 is 0. The molecule has 31 heavy (non-hydrogen) atoms. The van der Waals surface area contributed by atoms with Gasteiger partial charge in [0.15, 0.2) is 11.5 Å². The molecule has 1 aliphatic rings. The Morgan fingerprint density at radius 1 is 1.00 bits per heavy atom. The highest BCUT2D eigenvalue weighted by Gasteiger charge is 2.21. The second-order valence-electron chi connectivity index (χ2n) is 8.15. The fourth-order valence-electron chi connectivity index (χ4n) is 3.97. The third-order valence-corrected chi connectivity index (χ3v) is 5.70. The van der Waals surface area contributed by atoms with Crippen molar-refractivity contribution >= 4 is 11.3 Å². The Balaban J connectivity index is 1.59. The second-order valence-corrected chi connectivity index (χ2v) is 8.15. The minimum Gasteiger partial charge on any atom is -0.454 e. The molecule has 1 aliphatic heterocycles. The van der Waals surface area contributed by atoms with Crippen LogP contribution in [0.4, 0.5) is 5.69 Å². The van der Waals surface area contributed by atoms with E-state index in [2.05, 4.69) is 47.4 Å². The standard InChI is InChI=1S/C25H26N4O2/c1-17(2)28(13-18-6-4-3-5-7-18)15-21-25(27-24-11-9-20(26)14-29(21)24)19-8-10-22-23(12-19)31-16-30-22/h3-12,14,17H,13,15-16,26H2,1-2H3. The van der Waals surface area contributed by atoms with Crippen LogP contribution in [0.25, 0.3) is 16.9 Å². The van der Waals surface area contributed by atoms with Crippen molar-refractivity contribution in [1.29, 1.82) is 0 Å². The first kappa shape index (κ1) is 19.5. The first-order chi connectivity index (χ1) is 15.1. The number of hydrogen-bond donors (Lipinski definition) is 1. The number of rotatable bonds is 6. The predicted octanol–water partition coefficient (Wildman–Crippen LogP) is 4.72. The van der Waals surface area contributed by atoms with E-state index in [4.69, 9.17) is 20.2 Å². The van der Waals surface area contributed by atoms with Gasteiger partial charge in [0.05, 0.1) is 11.4 Å². The average molecular weight is 415 g/mol. The minimum absolute atomic E-state index is 0.256. The molecule has 0 fully saturated rings. The van der Waals surface area contributed by atoms with Gasteiger partial charge in [-0.3, -0.25) is 4.90 Å². The van der Waals surface area contributed by atoms with Crippen LogP contribution in [0.1, 0.15) is 25.1 Å². The number of anilines is 1. The van der Waals surface area contributed by atoms with E-state index in [1.54, 1.807) is 0 Å². The highest BCUT2D eigenvalue weighted by Crippen LogP contribution is 2.37. The van der Waals surface area contributed by atoms with E-state index < -0.39 is 0 Å². The van der Waals surface area contributed by atoms with E-state index in [1.165, 1.54) is 5.56 Å². The Labute approximate surface area is 181 Å². The van der Waals surface area contributed by atoms with Crippen LogP contribution in [-0.4, -0.2) is 27.1 Å². The van der Waals surface area contributed by atoms with Crippen molar-refractivity contribution in [3.05, 3.63) is 78.1 Å². The highest BCUT2D eigenvalue weighted by atomic mass is 16.7. The quantitative estimate of drug-likeness (QED) is 0.494. The molecule has 2 aromatic heterocycles. The van der Waals surface area contributed by atoms with Crippen LogP contribution in [-0.2, 0) is 13.1 Å². The summed E-state index contributed by atoms with van der Waals surface area (Å²) in [5.74, 6) is 1.52. The molecule has 3 heterocycles. The minimum atomic E-state index is 0.256. The summed E-state index contributed by atoms with van der Waals surface area (Å²) in [6.07, 6.45) is 1.95. The average Bonchev–Trinajstić information content (AvgIpc) is 3.38. The maximum atomic E-state index is 6.13. The Morgan fingerprint density at radius 3 is 2.61 bits per heavy atom. The molecule has 6 heteroatoms. The molecule has 158 valence electrons. The third kappa shape index (κ3) is 3.82. The predicted molar refractivity (Wildman–Crippen MR) is 122 cm³/mol. The topological polar surface area (TPSA) is 65.0 Å². The Kier molecular flexibility index (Phi) is 5.00. The van der Waals surface area contributed by atoms with Gasteiger partial charge in [0.25, 0.3) is 0 Å². The summed E-state index contributed by atoms with van der Waals surface area (Å²) in [5.41, 5.74) is 12.0. The lowest BCUT2D eigenvalue weighted by Crippen LogP contribution is -2.30. The van der Waals surface area contributed by atoms with Gasteiger partial charge in [0.2, 0.25) is 6.79 Å². The monoisotopic (exact) mass is 414 g/mol. The highest BCUT2D eigenvalue weighted by molar-refractivity contribution is 5.70. The fraction of sp³-hybridized carbons (Fsp3) is 0.240. The summed E-state index contributed by atoms with van der Waals surface area (Å²) in [4.78, 5) is 7.40. The van der Waals surface area contributed by atoms with Crippen LogP contribution >= 0.6 is 0 Å². The zero-order chi connectivity index (χ0) is 21.4. The maximum Gasteiger partial charge on any atom is 0.231 e. The summed E-state index contributed by atoms with van der Waals surface area (Å²) in [5, 5.41) is 0. The molecule has 0 spiro atoms. The van der Waals surface area contributed by atoms with Crippen molar-refractivity contribution in [2.45, 2.75) is 33.0 Å². The number of nitrogen functional groups attached to an aromatic ring is 1. The number of nitrogens with two attached hydrogens (primary N) is 1. The largest absolute Gasteiger partial charge is 0.454 e. The van der Waals surface area contributed by atoms with Gasteiger partial charge in [-0.2, -0.15) is 0 Å². The van der Waals surface area contributed by atoms with Crippen LogP contribution in [0.3, 0.4) is 0 Å². The lowest BCUT2D eigenvalue weighted by molar-refractivity contribution is 0.174. The number of nitrogens with zero attached hydrogens (tertiary/aromatic N) is 3. The molecule has 0 unspecified atom stereocenters. The van der Waals surface area contributed by atoms with Crippen molar-refractivity contribution < 1.29 is 9.47 Å². The molecule has 0 amide bonds. The number of pyridine rings is 1. The maximum absolute atomic E-state index is 6.13. The van der Waals surface area contributed by atoms with Crippen molar-refractivity contribution in [2.75, 3.05) is 12.5 Å². The summed E-state index contributed by atoms with van der Waals surface area (Å²) < 4.78 is 13.2. The molecule has 0 radical (unpaired) electrons. The number of imidazole rings is 1.